The second kappa shape index (κ2) is 18.0. The SMILES string of the molecule is C=C1[C@H](CC(C)(C)[Si](C)(C)O)C/C(=C\C=C2/CCC[C@]3(C)[C@@H]([C@H](C)/C=C/[C@@H](CC(C)(C)[Si](C)(C)O)C4(C(=O)OCCCC)CC4)CC[C@@H]23)C[C@H]1O[Si](C)(C)C(C)(C)C. The number of fused-ring (bicyclic) bond motifs is 1. The molecule has 5 nitrogen and oxygen atoms in total. The summed E-state index contributed by atoms with van der Waals surface area (Å²) in [6, 6.07) is 0. The molecule has 0 aromatic rings. The second-order valence-electron chi connectivity index (χ2n) is 24.0. The third-order valence-electron chi connectivity index (χ3n) is 17.4. The molecule has 0 saturated heterocycles. The van der Waals surface area contributed by atoms with Gasteiger partial charge < -0.3 is 18.8 Å². The van der Waals surface area contributed by atoms with Crippen LogP contribution in [0.5, 0.6) is 0 Å². The molecule has 2 N–H and O–H groups in total. The van der Waals surface area contributed by atoms with Gasteiger partial charge in [-0.05, 0) is 172 Å². The molecule has 4 aliphatic rings. The lowest BCUT2D eigenvalue weighted by molar-refractivity contribution is -0.152. The molecule has 0 amide bonds. The molecule has 0 aliphatic heterocycles. The maximum atomic E-state index is 13.6. The minimum atomic E-state index is -2.47. The van der Waals surface area contributed by atoms with Gasteiger partial charge in [0.15, 0.2) is 25.0 Å². The van der Waals surface area contributed by atoms with Gasteiger partial charge in [0, 0.05) is 0 Å². The largest absolute Gasteiger partial charge is 0.465 e. The van der Waals surface area contributed by atoms with Gasteiger partial charge in [0.05, 0.1) is 18.1 Å². The Balaban J connectivity index is 1.59. The Kier molecular flexibility index (Phi) is 15.4. The summed E-state index contributed by atoms with van der Waals surface area (Å²) >= 11 is 0. The van der Waals surface area contributed by atoms with Crippen LogP contribution in [0.15, 0.2) is 47.6 Å². The molecule has 0 heterocycles. The Morgan fingerprint density at radius 3 is 2.09 bits per heavy atom. The molecule has 4 fully saturated rings. The van der Waals surface area contributed by atoms with E-state index in [0.29, 0.717) is 30.3 Å². The normalized spacial score (nSPS) is 29.9. The molecule has 0 bridgehead atoms. The van der Waals surface area contributed by atoms with Gasteiger partial charge in [0.2, 0.25) is 0 Å². The van der Waals surface area contributed by atoms with Gasteiger partial charge >= 0.3 is 5.97 Å². The Labute approximate surface area is 360 Å². The number of allylic oxidation sites excluding steroid dienone is 5. The molecule has 0 aromatic carbocycles. The lowest BCUT2D eigenvalue weighted by Gasteiger charge is -2.45. The van der Waals surface area contributed by atoms with Crippen LogP contribution in [0.2, 0.25) is 54.4 Å². The van der Waals surface area contributed by atoms with Crippen LogP contribution < -0.4 is 0 Å². The molecular formula is C50H90O5Si3. The van der Waals surface area contributed by atoms with Crippen molar-refractivity contribution in [1.82, 2.24) is 0 Å². The zero-order valence-corrected chi connectivity index (χ0v) is 43.5. The number of carbonyl (C=O) groups excluding carboxylic acids is 1. The zero-order chi connectivity index (χ0) is 43.9. The number of ether oxygens (including phenoxy) is 1. The first-order chi connectivity index (χ1) is 26.4. The first-order valence-electron chi connectivity index (χ1n) is 23.5. The van der Waals surface area contributed by atoms with Gasteiger partial charge in [0.1, 0.15) is 0 Å². The van der Waals surface area contributed by atoms with Gasteiger partial charge in [-0.25, -0.2) is 0 Å². The number of esters is 1. The van der Waals surface area contributed by atoms with E-state index in [-0.39, 0.29) is 38.5 Å². The Morgan fingerprint density at radius 1 is 0.914 bits per heavy atom. The standard InChI is InChI=1S/C50H90O5Si3/c1-18-19-31-54-45(51)50(29-30-50)41(35-48(9,10)57(14,15)53)25-22-36(2)42-26-27-43-39(21-20-28-49(42,43)11)24-23-38-32-40(34-47(7,8)56(12,13)52)37(3)44(33-38)55-58(16,17)46(4,5)6/h22-25,36,40-44,52-53H,3,18-21,26-35H2,1-2,4-17H3/b25-22+,38-23+,39-24+/t36-,40+,41+,42-,43+,44-,49-/m1/s1. The monoisotopic (exact) mass is 855 g/mol. The van der Waals surface area contributed by atoms with E-state index in [0.717, 1.165) is 51.4 Å². The lowest BCUT2D eigenvalue weighted by atomic mass is 9.61. The number of hydrogen-bond acceptors (Lipinski definition) is 5. The molecule has 7 atom stereocenters. The van der Waals surface area contributed by atoms with E-state index in [9.17, 15) is 14.4 Å². The summed E-state index contributed by atoms with van der Waals surface area (Å²) in [7, 11) is -6.89. The summed E-state index contributed by atoms with van der Waals surface area (Å²) < 4.78 is 13.1. The summed E-state index contributed by atoms with van der Waals surface area (Å²) in [6.07, 6.45) is 23.4. The van der Waals surface area contributed by atoms with E-state index in [1.165, 1.54) is 43.3 Å². The summed E-state index contributed by atoms with van der Waals surface area (Å²) in [5.74, 6) is 1.95. The molecule has 0 radical (unpaired) electrons. The van der Waals surface area contributed by atoms with E-state index in [1.54, 1.807) is 5.57 Å². The summed E-state index contributed by atoms with van der Waals surface area (Å²) in [5, 5.41) is -0.219. The van der Waals surface area contributed by atoms with Crippen LogP contribution in [0.1, 0.15) is 153 Å². The number of unbranched alkanes of at least 4 members (excludes halogenated alkanes) is 1. The fourth-order valence-electron chi connectivity index (χ4n) is 10.4. The van der Waals surface area contributed by atoms with Crippen molar-refractivity contribution < 1.29 is 23.5 Å². The minimum absolute atomic E-state index is 0.0187. The van der Waals surface area contributed by atoms with Crippen LogP contribution in [0, 0.1) is 40.4 Å². The Hall–Kier alpha value is -1.04. The summed E-state index contributed by atoms with van der Waals surface area (Å²) in [6.45, 7) is 41.3. The van der Waals surface area contributed by atoms with Crippen LogP contribution >= 0.6 is 0 Å². The van der Waals surface area contributed by atoms with Gasteiger partial charge in [0.25, 0.3) is 0 Å². The predicted molar refractivity (Wildman–Crippen MR) is 254 cm³/mol. The van der Waals surface area contributed by atoms with E-state index in [4.69, 9.17) is 15.7 Å². The minimum Gasteiger partial charge on any atom is -0.465 e. The van der Waals surface area contributed by atoms with Crippen molar-refractivity contribution in [3.8, 4) is 0 Å². The molecule has 58 heavy (non-hydrogen) atoms. The fraction of sp³-hybridized carbons (Fsp3) is 0.820. The van der Waals surface area contributed by atoms with Crippen molar-refractivity contribution in [2.75, 3.05) is 6.61 Å². The van der Waals surface area contributed by atoms with Crippen molar-refractivity contribution in [3.63, 3.8) is 0 Å². The molecule has 0 unspecified atom stereocenters. The van der Waals surface area contributed by atoms with E-state index >= 15 is 0 Å². The number of rotatable bonds is 17. The highest BCUT2D eigenvalue weighted by Crippen LogP contribution is 2.61. The highest BCUT2D eigenvalue weighted by Gasteiger charge is 2.58. The highest BCUT2D eigenvalue weighted by atomic mass is 28.4. The van der Waals surface area contributed by atoms with Gasteiger partial charge in [-0.3, -0.25) is 4.79 Å². The van der Waals surface area contributed by atoms with Crippen molar-refractivity contribution in [2.45, 2.75) is 213 Å². The predicted octanol–water partition coefficient (Wildman–Crippen LogP) is 14.1. The zero-order valence-electron chi connectivity index (χ0n) is 40.5. The smallest absolute Gasteiger partial charge is 0.312 e. The molecule has 0 aromatic heterocycles. The molecule has 4 rings (SSSR count). The van der Waals surface area contributed by atoms with E-state index in [1.807, 2.05) is 13.1 Å². The third-order valence-corrected chi connectivity index (χ3v) is 28.9. The number of carbonyl (C=O) groups is 1. The quantitative estimate of drug-likeness (QED) is 0.0660. The van der Waals surface area contributed by atoms with Crippen LogP contribution in [0.3, 0.4) is 0 Å². The molecule has 4 aliphatic carbocycles. The molecular weight excluding hydrogens is 765 g/mol. The topological polar surface area (TPSA) is 76.0 Å². The molecule has 332 valence electrons. The maximum absolute atomic E-state index is 13.6. The average Bonchev–Trinajstić information content (AvgIpc) is 3.81. The maximum Gasteiger partial charge on any atom is 0.312 e. The van der Waals surface area contributed by atoms with E-state index < -0.39 is 30.4 Å². The van der Waals surface area contributed by atoms with Crippen LogP contribution in [-0.2, 0) is 14.0 Å². The third kappa shape index (κ3) is 10.9. The molecule has 0 spiro atoms. The van der Waals surface area contributed by atoms with Crippen molar-refractivity contribution in [1.29, 1.82) is 0 Å². The van der Waals surface area contributed by atoms with Crippen LogP contribution in [0.25, 0.3) is 0 Å². The summed E-state index contributed by atoms with van der Waals surface area (Å²) in [5.41, 5.74) is 4.15. The summed E-state index contributed by atoms with van der Waals surface area (Å²) in [4.78, 5) is 36.3. The van der Waals surface area contributed by atoms with E-state index in [2.05, 4.69) is 120 Å². The van der Waals surface area contributed by atoms with Crippen molar-refractivity contribution in [3.05, 3.63) is 47.6 Å². The first-order valence-corrected chi connectivity index (χ1v) is 32.3. The Morgan fingerprint density at radius 2 is 1.53 bits per heavy atom. The van der Waals surface area contributed by atoms with Crippen molar-refractivity contribution >= 4 is 30.9 Å². The Bertz CT molecular complexity index is 1500. The van der Waals surface area contributed by atoms with Gasteiger partial charge in [-0.2, -0.15) is 0 Å². The number of hydrogen-bond donors (Lipinski definition) is 2. The van der Waals surface area contributed by atoms with Crippen LogP contribution in [-0.4, -0.2) is 53.2 Å². The fourth-order valence-corrected chi connectivity index (χ4v) is 13.2. The van der Waals surface area contributed by atoms with Crippen molar-refractivity contribution in [2.24, 2.45) is 40.4 Å². The van der Waals surface area contributed by atoms with Crippen LogP contribution in [0.4, 0.5) is 0 Å². The second-order valence-corrected chi connectivity index (χ2v) is 37.7. The highest BCUT2D eigenvalue weighted by molar-refractivity contribution is 6.74. The van der Waals surface area contributed by atoms with Gasteiger partial charge in [-0.1, -0.05) is 118 Å². The lowest BCUT2D eigenvalue weighted by Crippen LogP contribution is -2.46. The molecule has 8 heteroatoms. The molecule has 4 saturated carbocycles. The van der Waals surface area contributed by atoms with Gasteiger partial charge in [-0.15, -0.1) is 0 Å². The average molecular weight is 856 g/mol. The first kappa shape index (κ1) is 49.6.